The van der Waals surface area contributed by atoms with Crippen LogP contribution in [0.1, 0.15) is 38.3 Å². The molecular formula is C19H20N2O3S. The predicted octanol–water partition coefficient (Wildman–Crippen LogP) is 2.84. The number of nitrogens with two attached hydrogens (primary N) is 1. The predicted molar refractivity (Wildman–Crippen MR) is 98.7 cm³/mol. The van der Waals surface area contributed by atoms with Crippen LogP contribution in [0.5, 0.6) is 0 Å². The lowest BCUT2D eigenvalue weighted by Crippen LogP contribution is -2.28. The summed E-state index contributed by atoms with van der Waals surface area (Å²) in [6.07, 6.45) is 0.0716. The van der Waals surface area contributed by atoms with Crippen LogP contribution in [0, 0.1) is 13.8 Å². The van der Waals surface area contributed by atoms with Crippen molar-refractivity contribution in [3.05, 3.63) is 64.7 Å². The molecule has 0 aromatic heterocycles. The standard InChI is InChI=1S/C19H20N2O3S/c1-12-6-3-4-8-14(12)19(24)25-17-13(2)7-5-9-15(17)18(23)21-11-10-16(20)22/h3-9H,10-11H2,1-2H3,(H2,20,22)(H,21,23). The van der Waals surface area contributed by atoms with Crippen LogP contribution in [0.3, 0.4) is 0 Å². The third-order valence-electron chi connectivity index (χ3n) is 3.67. The average Bonchev–Trinajstić information content (AvgIpc) is 2.56. The quantitative estimate of drug-likeness (QED) is 0.779. The topological polar surface area (TPSA) is 89.3 Å². The second kappa shape index (κ2) is 8.48. The van der Waals surface area contributed by atoms with E-state index < -0.39 is 5.91 Å². The maximum Gasteiger partial charge on any atom is 0.252 e. The van der Waals surface area contributed by atoms with Crippen molar-refractivity contribution in [2.45, 2.75) is 25.2 Å². The molecule has 2 aromatic carbocycles. The number of hydrogen-bond acceptors (Lipinski definition) is 4. The van der Waals surface area contributed by atoms with Gasteiger partial charge in [-0.25, -0.2) is 0 Å². The number of hydrogen-bond donors (Lipinski definition) is 2. The van der Waals surface area contributed by atoms with E-state index >= 15 is 0 Å². The Kier molecular flexibility index (Phi) is 6.36. The van der Waals surface area contributed by atoms with Gasteiger partial charge >= 0.3 is 0 Å². The van der Waals surface area contributed by atoms with Gasteiger partial charge < -0.3 is 11.1 Å². The minimum absolute atomic E-state index is 0.0716. The highest BCUT2D eigenvalue weighted by molar-refractivity contribution is 8.14. The van der Waals surface area contributed by atoms with E-state index in [1.54, 1.807) is 18.2 Å². The molecule has 0 aliphatic carbocycles. The molecular weight excluding hydrogens is 336 g/mol. The smallest absolute Gasteiger partial charge is 0.252 e. The van der Waals surface area contributed by atoms with Crippen molar-refractivity contribution in [2.75, 3.05) is 6.54 Å². The molecule has 0 heterocycles. The van der Waals surface area contributed by atoms with E-state index in [2.05, 4.69) is 5.32 Å². The first-order valence-corrected chi connectivity index (χ1v) is 8.65. The van der Waals surface area contributed by atoms with E-state index in [1.165, 1.54) is 0 Å². The van der Waals surface area contributed by atoms with Crippen molar-refractivity contribution >= 4 is 28.7 Å². The number of benzene rings is 2. The Morgan fingerprint density at radius 1 is 0.960 bits per heavy atom. The zero-order valence-electron chi connectivity index (χ0n) is 14.2. The van der Waals surface area contributed by atoms with Crippen LogP contribution in [0.15, 0.2) is 47.4 Å². The molecule has 0 radical (unpaired) electrons. The fourth-order valence-electron chi connectivity index (χ4n) is 2.31. The van der Waals surface area contributed by atoms with Gasteiger partial charge in [0.1, 0.15) is 0 Å². The molecule has 0 bridgehead atoms. The summed E-state index contributed by atoms with van der Waals surface area (Å²) in [5.74, 6) is -0.807. The average molecular weight is 356 g/mol. The largest absolute Gasteiger partial charge is 0.370 e. The molecule has 130 valence electrons. The lowest BCUT2D eigenvalue weighted by Gasteiger charge is -2.12. The molecule has 3 N–H and O–H groups in total. The van der Waals surface area contributed by atoms with Crippen LogP contribution in [-0.4, -0.2) is 23.5 Å². The Labute approximate surface area is 151 Å². The fourth-order valence-corrected chi connectivity index (χ4v) is 3.33. The van der Waals surface area contributed by atoms with Crippen LogP contribution < -0.4 is 11.1 Å². The van der Waals surface area contributed by atoms with Gasteiger partial charge in [0.2, 0.25) is 11.0 Å². The first-order valence-electron chi connectivity index (χ1n) is 7.84. The molecule has 0 aliphatic heterocycles. The molecule has 0 spiro atoms. The van der Waals surface area contributed by atoms with Gasteiger partial charge in [0.05, 0.1) is 5.56 Å². The van der Waals surface area contributed by atoms with E-state index in [9.17, 15) is 14.4 Å². The Hall–Kier alpha value is -2.60. The number of nitrogens with one attached hydrogen (secondary N) is 1. The Morgan fingerprint density at radius 3 is 2.28 bits per heavy atom. The molecule has 6 heteroatoms. The van der Waals surface area contributed by atoms with Gasteiger partial charge in [-0.1, -0.05) is 36.4 Å². The first kappa shape index (κ1) is 18.7. The molecule has 0 saturated carbocycles. The lowest BCUT2D eigenvalue weighted by molar-refractivity contribution is -0.117. The summed E-state index contributed by atoms with van der Waals surface area (Å²) in [6, 6.07) is 12.6. The van der Waals surface area contributed by atoms with Crippen molar-refractivity contribution < 1.29 is 14.4 Å². The van der Waals surface area contributed by atoms with Crippen molar-refractivity contribution in [1.82, 2.24) is 5.32 Å². The summed E-state index contributed by atoms with van der Waals surface area (Å²) in [6.45, 7) is 3.90. The molecule has 0 saturated heterocycles. The van der Waals surface area contributed by atoms with Gasteiger partial charge in [-0.3, -0.25) is 14.4 Å². The molecule has 0 fully saturated rings. The lowest BCUT2D eigenvalue weighted by atomic mass is 10.1. The van der Waals surface area contributed by atoms with Crippen molar-refractivity contribution in [3.63, 3.8) is 0 Å². The van der Waals surface area contributed by atoms with E-state index in [-0.39, 0.29) is 24.0 Å². The van der Waals surface area contributed by atoms with E-state index in [0.29, 0.717) is 16.0 Å². The molecule has 2 aromatic rings. The Morgan fingerprint density at radius 2 is 1.60 bits per heavy atom. The summed E-state index contributed by atoms with van der Waals surface area (Å²) >= 11 is 1.04. The molecule has 2 rings (SSSR count). The summed E-state index contributed by atoms with van der Waals surface area (Å²) in [5, 5.41) is 2.55. The van der Waals surface area contributed by atoms with Crippen LogP contribution in [0.2, 0.25) is 0 Å². The highest BCUT2D eigenvalue weighted by Crippen LogP contribution is 2.30. The third-order valence-corrected chi connectivity index (χ3v) is 4.82. The van der Waals surface area contributed by atoms with Crippen LogP contribution in [0.25, 0.3) is 0 Å². The normalized spacial score (nSPS) is 10.3. The molecule has 25 heavy (non-hydrogen) atoms. The second-order valence-corrected chi connectivity index (χ2v) is 6.61. The third kappa shape index (κ3) is 4.93. The van der Waals surface area contributed by atoms with Gasteiger partial charge in [-0.15, -0.1) is 0 Å². The SMILES string of the molecule is Cc1ccccc1C(=O)Sc1c(C)cccc1C(=O)NCCC(N)=O. The molecule has 5 nitrogen and oxygen atoms in total. The maximum absolute atomic E-state index is 12.6. The summed E-state index contributed by atoms with van der Waals surface area (Å²) in [5.41, 5.74) is 7.84. The highest BCUT2D eigenvalue weighted by Gasteiger charge is 2.18. The molecule has 0 unspecified atom stereocenters. The number of primary amides is 1. The fraction of sp³-hybridized carbons (Fsp3) is 0.211. The number of carbonyl (C=O) groups excluding carboxylic acids is 3. The minimum Gasteiger partial charge on any atom is -0.370 e. The van der Waals surface area contributed by atoms with Crippen molar-refractivity contribution in [2.24, 2.45) is 5.73 Å². The van der Waals surface area contributed by atoms with Gasteiger partial charge in [-0.05, 0) is 42.8 Å². The summed E-state index contributed by atoms with van der Waals surface area (Å²) in [7, 11) is 0. The monoisotopic (exact) mass is 356 g/mol. The number of rotatable bonds is 6. The van der Waals surface area contributed by atoms with Gasteiger partial charge in [0.15, 0.2) is 0 Å². The van der Waals surface area contributed by atoms with Crippen LogP contribution >= 0.6 is 11.8 Å². The van der Waals surface area contributed by atoms with Gasteiger partial charge in [0, 0.05) is 23.4 Å². The zero-order valence-corrected chi connectivity index (χ0v) is 15.0. The van der Waals surface area contributed by atoms with Gasteiger partial charge in [0.25, 0.3) is 5.91 Å². The van der Waals surface area contributed by atoms with Crippen molar-refractivity contribution in [3.8, 4) is 0 Å². The van der Waals surface area contributed by atoms with E-state index in [4.69, 9.17) is 5.73 Å². The highest BCUT2D eigenvalue weighted by atomic mass is 32.2. The first-order chi connectivity index (χ1) is 11.9. The van der Waals surface area contributed by atoms with E-state index in [1.807, 2.05) is 38.1 Å². The number of amides is 2. The second-order valence-electron chi connectivity index (χ2n) is 5.63. The number of aryl methyl sites for hydroxylation is 2. The number of carbonyl (C=O) groups is 3. The molecule has 0 aliphatic rings. The zero-order chi connectivity index (χ0) is 18.4. The van der Waals surface area contributed by atoms with Crippen LogP contribution in [0.4, 0.5) is 0 Å². The molecule has 0 atom stereocenters. The van der Waals surface area contributed by atoms with Crippen molar-refractivity contribution in [1.29, 1.82) is 0 Å². The minimum atomic E-state index is -0.478. The number of thioether (sulfide) groups is 1. The summed E-state index contributed by atoms with van der Waals surface area (Å²) in [4.78, 5) is 36.4. The van der Waals surface area contributed by atoms with E-state index in [0.717, 1.165) is 22.9 Å². The Balaban J connectivity index is 2.23. The van der Waals surface area contributed by atoms with Crippen LogP contribution in [-0.2, 0) is 4.79 Å². The van der Waals surface area contributed by atoms with Gasteiger partial charge in [-0.2, -0.15) is 0 Å². The molecule has 2 amide bonds. The summed E-state index contributed by atoms with van der Waals surface area (Å²) < 4.78 is 0. The maximum atomic E-state index is 12.6. The Bertz CT molecular complexity index is 818.